The standard InChI is InChI=1S/C8H10BrN3O3/c9-6-5-11(10-8(6)12(13)14)7-3-1-2-4-15-7/h5,7H,1-4H2/t7-/m0/s1. The molecule has 0 radical (unpaired) electrons. The number of ether oxygens (including phenoxy) is 1. The van der Waals surface area contributed by atoms with E-state index in [4.69, 9.17) is 4.74 Å². The molecule has 1 saturated heterocycles. The second kappa shape index (κ2) is 4.28. The van der Waals surface area contributed by atoms with Gasteiger partial charge in [-0.15, -0.1) is 0 Å². The fourth-order valence-electron chi connectivity index (χ4n) is 1.56. The van der Waals surface area contributed by atoms with Gasteiger partial charge in [-0.1, -0.05) is 0 Å². The van der Waals surface area contributed by atoms with Crippen LogP contribution >= 0.6 is 15.9 Å². The first kappa shape index (κ1) is 10.6. The van der Waals surface area contributed by atoms with E-state index in [9.17, 15) is 10.1 Å². The Kier molecular flexibility index (Phi) is 3.01. The summed E-state index contributed by atoms with van der Waals surface area (Å²) in [4.78, 5) is 10.1. The zero-order valence-corrected chi connectivity index (χ0v) is 9.51. The van der Waals surface area contributed by atoms with Crippen LogP contribution in [0.5, 0.6) is 0 Å². The number of aromatic nitrogens is 2. The molecule has 0 bridgehead atoms. The molecule has 0 amide bonds. The number of halogens is 1. The Morgan fingerprint density at radius 1 is 1.67 bits per heavy atom. The normalized spacial score (nSPS) is 21.5. The van der Waals surface area contributed by atoms with Crippen LogP contribution in [-0.4, -0.2) is 21.3 Å². The molecule has 0 saturated carbocycles. The van der Waals surface area contributed by atoms with Crippen LogP contribution in [0, 0.1) is 10.1 Å². The fraction of sp³-hybridized carbons (Fsp3) is 0.625. The second-order valence-electron chi connectivity index (χ2n) is 3.36. The Balaban J connectivity index is 2.21. The van der Waals surface area contributed by atoms with Gasteiger partial charge in [-0.25, -0.2) is 0 Å². The van der Waals surface area contributed by atoms with Gasteiger partial charge in [-0.3, -0.25) is 0 Å². The maximum absolute atomic E-state index is 10.6. The minimum Gasteiger partial charge on any atom is -0.358 e. The quantitative estimate of drug-likeness (QED) is 0.613. The molecule has 1 fully saturated rings. The van der Waals surface area contributed by atoms with Gasteiger partial charge in [0.15, 0.2) is 6.23 Å². The van der Waals surface area contributed by atoms with Gasteiger partial charge in [0.05, 0.1) is 11.3 Å². The highest BCUT2D eigenvalue weighted by atomic mass is 79.9. The van der Waals surface area contributed by atoms with E-state index in [1.165, 1.54) is 4.68 Å². The van der Waals surface area contributed by atoms with Gasteiger partial charge in [0, 0.05) is 6.61 Å². The smallest absolute Gasteiger partial charge is 0.358 e. The van der Waals surface area contributed by atoms with Gasteiger partial charge in [0.25, 0.3) is 0 Å². The van der Waals surface area contributed by atoms with Crippen LogP contribution in [0.3, 0.4) is 0 Å². The lowest BCUT2D eigenvalue weighted by Gasteiger charge is -2.20. The summed E-state index contributed by atoms with van der Waals surface area (Å²) in [6.45, 7) is 0.690. The summed E-state index contributed by atoms with van der Waals surface area (Å²) in [6, 6.07) is 0. The predicted molar refractivity (Wildman–Crippen MR) is 55.4 cm³/mol. The lowest BCUT2D eigenvalue weighted by Crippen LogP contribution is -2.18. The highest BCUT2D eigenvalue weighted by Gasteiger charge is 2.25. The molecule has 6 nitrogen and oxygen atoms in total. The number of hydrogen-bond acceptors (Lipinski definition) is 4. The van der Waals surface area contributed by atoms with E-state index in [1.807, 2.05) is 0 Å². The molecule has 2 heterocycles. The summed E-state index contributed by atoms with van der Waals surface area (Å²) >= 11 is 3.10. The first-order valence-corrected chi connectivity index (χ1v) is 5.48. The number of rotatable bonds is 2. The summed E-state index contributed by atoms with van der Waals surface area (Å²) in [5, 5.41) is 14.5. The minimum atomic E-state index is -0.511. The monoisotopic (exact) mass is 275 g/mol. The SMILES string of the molecule is O=[N+]([O-])c1nn([C@@H]2CCCCO2)cc1Br. The lowest BCUT2D eigenvalue weighted by molar-refractivity contribution is -0.390. The summed E-state index contributed by atoms with van der Waals surface area (Å²) in [7, 11) is 0. The predicted octanol–water partition coefficient (Wildman–Crippen LogP) is 2.25. The number of hydrogen-bond donors (Lipinski definition) is 0. The van der Waals surface area contributed by atoms with Crippen molar-refractivity contribution in [3.8, 4) is 0 Å². The van der Waals surface area contributed by atoms with Crippen LogP contribution in [0.25, 0.3) is 0 Å². The third-order valence-corrected chi connectivity index (χ3v) is 2.85. The van der Waals surface area contributed by atoms with Gasteiger partial charge in [-0.2, -0.15) is 4.68 Å². The average molecular weight is 276 g/mol. The molecule has 0 N–H and O–H groups in total. The van der Waals surface area contributed by atoms with Gasteiger partial charge in [0.2, 0.25) is 0 Å². The first-order valence-electron chi connectivity index (χ1n) is 4.69. The van der Waals surface area contributed by atoms with E-state index < -0.39 is 4.92 Å². The van der Waals surface area contributed by atoms with Crippen LogP contribution in [0.2, 0.25) is 0 Å². The average Bonchev–Trinajstić information content (AvgIpc) is 2.62. The molecule has 1 atom stereocenters. The van der Waals surface area contributed by atoms with Crippen LogP contribution < -0.4 is 0 Å². The molecule has 82 valence electrons. The van der Waals surface area contributed by atoms with Gasteiger partial charge < -0.3 is 14.9 Å². The Bertz CT molecular complexity index is 373. The van der Waals surface area contributed by atoms with E-state index >= 15 is 0 Å². The van der Waals surface area contributed by atoms with Crippen molar-refractivity contribution in [2.45, 2.75) is 25.5 Å². The van der Waals surface area contributed by atoms with Gasteiger partial charge in [0.1, 0.15) is 4.47 Å². The van der Waals surface area contributed by atoms with Crippen molar-refractivity contribution in [3.05, 3.63) is 20.8 Å². The van der Waals surface area contributed by atoms with Crippen molar-refractivity contribution in [1.29, 1.82) is 0 Å². The Morgan fingerprint density at radius 3 is 3.00 bits per heavy atom. The molecule has 2 rings (SSSR count). The summed E-state index contributed by atoms with van der Waals surface area (Å²) in [5.41, 5.74) is 0. The molecule has 7 heteroatoms. The highest BCUT2D eigenvalue weighted by Crippen LogP contribution is 2.28. The van der Waals surface area contributed by atoms with Crippen molar-refractivity contribution >= 4 is 21.7 Å². The van der Waals surface area contributed by atoms with Crippen molar-refractivity contribution in [2.24, 2.45) is 0 Å². The maximum Gasteiger partial charge on any atom is 0.404 e. The summed E-state index contributed by atoms with van der Waals surface area (Å²) < 4.78 is 7.37. The molecule has 0 unspecified atom stereocenters. The lowest BCUT2D eigenvalue weighted by atomic mass is 10.2. The molecular formula is C8H10BrN3O3. The van der Waals surface area contributed by atoms with Crippen LogP contribution in [0.15, 0.2) is 10.7 Å². The largest absolute Gasteiger partial charge is 0.404 e. The van der Waals surface area contributed by atoms with Crippen molar-refractivity contribution in [3.63, 3.8) is 0 Å². The Labute approximate surface area is 94.5 Å². The van der Waals surface area contributed by atoms with Gasteiger partial charge in [-0.05, 0) is 40.1 Å². The molecule has 0 spiro atoms. The van der Waals surface area contributed by atoms with E-state index in [2.05, 4.69) is 21.0 Å². The fourth-order valence-corrected chi connectivity index (χ4v) is 2.00. The molecule has 1 aliphatic rings. The zero-order chi connectivity index (χ0) is 10.8. The molecule has 0 aromatic carbocycles. The Morgan fingerprint density at radius 2 is 2.47 bits per heavy atom. The zero-order valence-electron chi connectivity index (χ0n) is 7.93. The molecule has 1 aromatic heterocycles. The molecule has 15 heavy (non-hydrogen) atoms. The van der Waals surface area contributed by atoms with Gasteiger partial charge >= 0.3 is 5.82 Å². The molecule has 1 aromatic rings. The molecular weight excluding hydrogens is 266 g/mol. The Hall–Kier alpha value is -0.950. The van der Waals surface area contributed by atoms with E-state index in [-0.39, 0.29) is 12.0 Å². The topological polar surface area (TPSA) is 70.2 Å². The first-order chi connectivity index (χ1) is 7.18. The number of nitro groups is 1. The van der Waals surface area contributed by atoms with Crippen molar-refractivity contribution < 1.29 is 9.66 Å². The summed E-state index contributed by atoms with van der Waals surface area (Å²) in [6.07, 6.45) is 4.39. The molecule has 1 aliphatic heterocycles. The summed E-state index contributed by atoms with van der Waals surface area (Å²) in [5.74, 6) is -0.163. The van der Waals surface area contributed by atoms with Crippen LogP contribution in [0.1, 0.15) is 25.5 Å². The highest BCUT2D eigenvalue weighted by molar-refractivity contribution is 9.10. The third kappa shape index (κ3) is 2.18. The van der Waals surface area contributed by atoms with E-state index in [0.29, 0.717) is 11.1 Å². The van der Waals surface area contributed by atoms with Crippen molar-refractivity contribution in [2.75, 3.05) is 6.61 Å². The van der Waals surface area contributed by atoms with Crippen molar-refractivity contribution in [1.82, 2.24) is 9.78 Å². The second-order valence-corrected chi connectivity index (χ2v) is 4.21. The third-order valence-electron chi connectivity index (χ3n) is 2.29. The minimum absolute atomic E-state index is 0.163. The van der Waals surface area contributed by atoms with E-state index in [1.54, 1.807) is 6.20 Å². The number of nitrogens with zero attached hydrogens (tertiary/aromatic N) is 3. The van der Waals surface area contributed by atoms with Crippen LogP contribution in [-0.2, 0) is 4.74 Å². The molecule has 0 aliphatic carbocycles. The van der Waals surface area contributed by atoms with Crippen LogP contribution in [0.4, 0.5) is 5.82 Å². The maximum atomic E-state index is 10.6. The van der Waals surface area contributed by atoms with E-state index in [0.717, 1.165) is 19.3 Å².